The minimum Gasteiger partial charge on any atom is -0.480 e. The molecule has 1 N–H and O–H groups in total. The Morgan fingerprint density at radius 2 is 0.920 bits per heavy atom. The molecule has 0 spiro atoms. The zero-order valence-electron chi connectivity index (χ0n) is 14.6. The van der Waals surface area contributed by atoms with Crippen molar-refractivity contribution in [1.29, 1.82) is 0 Å². The summed E-state index contributed by atoms with van der Waals surface area (Å²) >= 11 is 0. The first kappa shape index (κ1) is 21.4. The summed E-state index contributed by atoms with van der Waals surface area (Å²) < 4.78 is 0. The maximum absolute atomic E-state index is 11.1. The van der Waals surface area contributed by atoms with Crippen LogP contribution in [0, 0.1) is 0 Å². The highest BCUT2D eigenvalue weighted by Gasteiger charge is 2.17. The van der Waals surface area contributed by atoms with Gasteiger partial charge < -0.3 is 19.5 Å². The van der Waals surface area contributed by atoms with Crippen molar-refractivity contribution in [3.8, 4) is 0 Å². The number of aldehydes is 3. The highest BCUT2D eigenvalue weighted by atomic mass is 16.4. The lowest BCUT2D eigenvalue weighted by atomic mass is 10.3. The van der Waals surface area contributed by atoms with Crippen molar-refractivity contribution in [3.63, 3.8) is 0 Å². The highest BCUT2D eigenvalue weighted by Crippen LogP contribution is 2.00. The second kappa shape index (κ2) is 12.6. The number of hydrogen-bond acceptors (Lipinski definition) is 8. The van der Waals surface area contributed by atoms with Gasteiger partial charge in [-0.25, -0.2) is 0 Å². The van der Waals surface area contributed by atoms with Crippen molar-refractivity contribution >= 4 is 24.8 Å². The zero-order valence-corrected chi connectivity index (χ0v) is 14.6. The number of aliphatic carboxylic acids is 1. The highest BCUT2D eigenvalue weighted by molar-refractivity contribution is 5.69. The van der Waals surface area contributed by atoms with Crippen molar-refractivity contribution in [1.82, 2.24) is 19.6 Å². The fourth-order valence-corrected chi connectivity index (χ4v) is 2.79. The first-order valence-electron chi connectivity index (χ1n) is 8.51. The Bertz CT molecular complexity index is 409. The lowest BCUT2D eigenvalue weighted by Crippen LogP contribution is -2.47. The van der Waals surface area contributed by atoms with Crippen molar-refractivity contribution in [2.24, 2.45) is 0 Å². The first-order chi connectivity index (χ1) is 12.1. The molecule has 1 heterocycles. The second-order valence-corrected chi connectivity index (χ2v) is 6.07. The fraction of sp³-hybridized carbons (Fsp3) is 0.750. The molecule has 1 aliphatic rings. The number of carbonyl (C=O) groups excluding carboxylic acids is 3. The van der Waals surface area contributed by atoms with Gasteiger partial charge in [0.1, 0.15) is 18.9 Å². The van der Waals surface area contributed by atoms with Crippen molar-refractivity contribution < 1.29 is 24.3 Å². The molecule has 25 heavy (non-hydrogen) atoms. The number of rotatable bonds is 8. The van der Waals surface area contributed by atoms with Gasteiger partial charge >= 0.3 is 5.97 Å². The first-order valence-corrected chi connectivity index (χ1v) is 8.51. The molecule has 9 nitrogen and oxygen atoms in total. The molecular formula is C16H28N4O5. The van der Waals surface area contributed by atoms with E-state index in [4.69, 9.17) is 5.11 Å². The van der Waals surface area contributed by atoms with E-state index in [1.165, 1.54) is 0 Å². The van der Waals surface area contributed by atoms with Gasteiger partial charge in [0.25, 0.3) is 0 Å². The number of carbonyl (C=O) groups is 4. The summed E-state index contributed by atoms with van der Waals surface area (Å²) in [5, 5.41) is 9.07. The summed E-state index contributed by atoms with van der Waals surface area (Å²) in [7, 11) is 0. The topological polar surface area (TPSA) is 101 Å². The Morgan fingerprint density at radius 1 is 0.640 bits per heavy atom. The molecule has 1 saturated heterocycles. The molecule has 1 rings (SSSR count). The molecular weight excluding hydrogens is 328 g/mol. The Morgan fingerprint density at radius 3 is 1.16 bits per heavy atom. The van der Waals surface area contributed by atoms with E-state index in [9.17, 15) is 19.2 Å². The third kappa shape index (κ3) is 9.40. The van der Waals surface area contributed by atoms with E-state index < -0.39 is 5.97 Å². The summed E-state index contributed by atoms with van der Waals surface area (Å²) in [6.07, 6.45) is 2.53. The van der Waals surface area contributed by atoms with E-state index in [0.717, 1.165) is 18.9 Å². The summed E-state index contributed by atoms with van der Waals surface area (Å²) in [6.45, 7) is 5.56. The molecule has 0 aromatic rings. The Kier molecular flexibility index (Phi) is 10.8. The van der Waals surface area contributed by atoms with E-state index in [0.29, 0.717) is 58.9 Å². The van der Waals surface area contributed by atoms with Crippen LogP contribution in [0.1, 0.15) is 0 Å². The molecule has 0 atom stereocenters. The van der Waals surface area contributed by atoms with Crippen LogP contribution in [-0.4, -0.2) is 128 Å². The molecule has 0 amide bonds. The standard InChI is InChI=1S/C16H28N4O5/c21-12-9-17-1-3-18(10-13-22)5-7-20(15-16(24)25)8-6-19(4-2-17)11-14-23/h12-14H,1-11,15H2,(H,24,25). The largest absolute Gasteiger partial charge is 0.480 e. The Hall–Kier alpha value is -1.68. The smallest absolute Gasteiger partial charge is 0.317 e. The molecule has 142 valence electrons. The Labute approximate surface area is 148 Å². The van der Waals surface area contributed by atoms with Gasteiger partial charge in [0.15, 0.2) is 0 Å². The van der Waals surface area contributed by atoms with E-state index in [-0.39, 0.29) is 19.6 Å². The van der Waals surface area contributed by atoms with Crippen LogP contribution in [0.15, 0.2) is 0 Å². The third-order valence-electron chi connectivity index (χ3n) is 4.29. The van der Waals surface area contributed by atoms with Gasteiger partial charge in [0.05, 0.1) is 26.2 Å². The maximum Gasteiger partial charge on any atom is 0.317 e. The predicted molar refractivity (Wildman–Crippen MR) is 91.6 cm³/mol. The quantitative estimate of drug-likeness (QED) is 0.490. The molecule has 0 saturated carbocycles. The zero-order chi connectivity index (χ0) is 18.5. The monoisotopic (exact) mass is 356 g/mol. The lowest BCUT2D eigenvalue weighted by molar-refractivity contribution is -0.138. The van der Waals surface area contributed by atoms with Gasteiger partial charge in [-0.05, 0) is 0 Å². The average molecular weight is 356 g/mol. The van der Waals surface area contributed by atoms with Crippen LogP contribution in [0.2, 0.25) is 0 Å². The van der Waals surface area contributed by atoms with E-state index in [1.54, 1.807) is 0 Å². The van der Waals surface area contributed by atoms with Gasteiger partial charge in [0, 0.05) is 52.4 Å². The number of nitrogens with zero attached hydrogens (tertiary/aromatic N) is 4. The molecule has 0 bridgehead atoms. The van der Waals surface area contributed by atoms with Crippen LogP contribution in [0.5, 0.6) is 0 Å². The predicted octanol–water partition coefficient (Wildman–Crippen LogP) is -2.11. The molecule has 1 fully saturated rings. The maximum atomic E-state index is 11.1. The molecule has 0 aromatic heterocycles. The summed E-state index contributed by atoms with van der Waals surface area (Å²) in [4.78, 5) is 51.4. The molecule has 0 unspecified atom stereocenters. The molecule has 0 aromatic carbocycles. The molecule has 0 radical (unpaired) electrons. The third-order valence-corrected chi connectivity index (χ3v) is 4.29. The van der Waals surface area contributed by atoms with E-state index in [2.05, 4.69) is 0 Å². The van der Waals surface area contributed by atoms with Crippen LogP contribution in [-0.2, 0) is 19.2 Å². The van der Waals surface area contributed by atoms with Gasteiger partial charge in [-0.15, -0.1) is 0 Å². The van der Waals surface area contributed by atoms with Crippen LogP contribution in [0.4, 0.5) is 0 Å². The van der Waals surface area contributed by atoms with E-state index >= 15 is 0 Å². The molecule has 0 aliphatic carbocycles. The number of hydrogen-bond donors (Lipinski definition) is 1. The SMILES string of the molecule is O=CCN1CCN(CC=O)CCN(CC(=O)O)CCN(CC=O)CC1. The minimum absolute atomic E-state index is 0.0683. The summed E-state index contributed by atoms with van der Waals surface area (Å²) in [5.41, 5.74) is 0. The number of carboxylic acids is 1. The normalized spacial score (nSPS) is 20.3. The number of carboxylic acid groups (broad SMARTS) is 1. The van der Waals surface area contributed by atoms with Crippen molar-refractivity contribution in [2.45, 2.75) is 0 Å². The van der Waals surface area contributed by atoms with Gasteiger partial charge in [-0.1, -0.05) is 0 Å². The van der Waals surface area contributed by atoms with Crippen molar-refractivity contribution in [3.05, 3.63) is 0 Å². The Balaban J connectivity index is 2.78. The van der Waals surface area contributed by atoms with Crippen LogP contribution >= 0.6 is 0 Å². The molecule has 1 aliphatic heterocycles. The summed E-state index contributed by atoms with van der Waals surface area (Å²) in [6, 6.07) is 0. The molecule has 9 heteroatoms. The van der Waals surface area contributed by atoms with Gasteiger partial charge in [-0.3, -0.25) is 24.4 Å². The van der Waals surface area contributed by atoms with Crippen LogP contribution < -0.4 is 0 Å². The lowest BCUT2D eigenvalue weighted by Gasteiger charge is -2.32. The minimum atomic E-state index is -0.895. The average Bonchev–Trinajstić information content (AvgIpc) is 2.57. The van der Waals surface area contributed by atoms with Gasteiger partial charge in [0.2, 0.25) is 0 Å². The van der Waals surface area contributed by atoms with Crippen LogP contribution in [0.3, 0.4) is 0 Å². The van der Waals surface area contributed by atoms with Gasteiger partial charge in [-0.2, -0.15) is 0 Å². The van der Waals surface area contributed by atoms with E-state index in [1.807, 2.05) is 19.6 Å². The van der Waals surface area contributed by atoms with Crippen LogP contribution in [0.25, 0.3) is 0 Å². The van der Waals surface area contributed by atoms with Crippen molar-refractivity contribution in [2.75, 3.05) is 78.5 Å². The second-order valence-electron chi connectivity index (χ2n) is 6.07. The summed E-state index contributed by atoms with van der Waals surface area (Å²) in [5.74, 6) is -0.895. The fourth-order valence-electron chi connectivity index (χ4n) is 2.79.